The van der Waals surface area contributed by atoms with Gasteiger partial charge in [-0.25, -0.2) is 4.39 Å². The second kappa shape index (κ2) is 7.81. The summed E-state index contributed by atoms with van der Waals surface area (Å²) in [5, 5.41) is 11.5. The van der Waals surface area contributed by atoms with E-state index in [4.69, 9.17) is 10.9 Å². The molecule has 0 aromatic heterocycles. The number of nitrogens with two attached hydrogens (primary N) is 1. The number of amidine groups is 1. The molecule has 0 saturated carbocycles. The fourth-order valence-electron chi connectivity index (χ4n) is 1.99. The number of benzene rings is 1. The highest BCUT2D eigenvalue weighted by Gasteiger charge is 2.07. The van der Waals surface area contributed by atoms with Gasteiger partial charge in [0.1, 0.15) is 5.82 Å². The van der Waals surface area contributed by atoms with Crippen molar-refractivity contribution in [1.82, 2.24) is 9.80 Å². The molecule has 0 unspecified atom stereocenters. The Morgan fingerprint density at radius 3 is 2.55 bits per heavy atom. The number of nitrogens with zero attached hydrogens (tertiary/aromatic N) is 3. The van der Waals surface area contributed by atoms with Crippen LogP contribution in [0.4, 0.5) is 4.39 Å². The van der Waals surface area contributed by atoms with Crippen LogP contribution in [0.5, 0.6) is 0 Å². The van der Waals surface area contributed by atoms with E-state index in [1.165, 1.54) is 12.1 Å². The van der Waals surface area contributed by atoms with Gasteiger partial charge in [-0.3, -0.25) is 0 Å². The molecule has 0 spiro atoms. The van der Waals surface area contributed by atoms with E-state index < -0.39 is 0 Å². The predicted molar refractivity (Wildman–Crippen MR) is 78.4 cm³/mol. The SMILES string of the molecule is CN(C)CCCN(C)Cc1cc(F)cc(/C(N)=N/O)c1. The van der Waals surface area contributed by atoms with Crippen LogP contribution >= 0.6 is 0 Å². The number of hydrogen-bond acceptors (Lipinski definition) is 4. The lowest BCUT2D eigenvalue weighted by atomic mass is 10.1. The van der Waals surface area contributed by atoms with Gasteiger partial charge >= 0.3 is 0 Å². The van der Waals surface area contributed by atoms with Gasteiger partial charge in [-0.2, -0.15) is 0 Å². The smallest absolute Gasteiger partial charge is 0.170 e. The highest BCUT2D eigenvalue weighted by atomic mass is 19.1. The van der Waals surface area contributed by atoms with Crippen molar-refractivity contribution >= 4 is 5.84 Å². The van der Waals surface area contributed by atoms with E-state index >= 15 is 0 Å². The van der Waals surface area contributed by atoms with Crippen LogP contribution in [0, 0.1) is 5.82 Å². The second-order valence-corrected chi connectivity index (χ2v) is 5.23. The van der Waals surface area contributed by atoms with Crippen molar-refractivity contribution in [3.05, 3.63) is 35.1 Å². The Bertz CT molecular complexity index is 462. The topological polar surface area (TPSA) is 65.1 Å². The highest BCUT2D eigenvalue weighted by Crippen LogP contribution is 2.11. The Morgan fingerprint density at radius 1 is 1.25 bits per heavy atom. The number of rotatable bonds is 7. The average molecular weight is 282 g/mol. The zero-order valence-electron chi connectivity index (χ0n) is 12.3. The Morgan fingerprint density at radius 2 is 1.95 bits per heavy atom. The Balaban J connectivity index is 2.65. The van der Waals surface area contributed by atoms with Crippen LogP contribution in [-0.4, -0.2) is 55.1 Å². The summed E-state index contributed by atoms with van der Waals surface area (Å²) in [6.07, 6.45) is 1.05. The lowest BCUT2D eigenvalue weighted by molar-refractivity contribution is 0.294. The van der Waals surface area contributed by atoms with Crippen LogP contribution in [0.3, 0.4) is 0 Å². The summed E-state index contributed by atoms with van der Waals surface area (Å²) in [6.45, 7) is 2.56. The van der Waals surface area contributed by atoms with E-state index in [-0.39, 0.29) is 11.7 Å². The molecular formula is C14H23FN4O. The van der Waals surface area contributed by atoms with Crippen molar-refractivity contribution in [1.29, 1.82) is 0 Å². The van der Waals surface area contributed by atoms with Crippen molar-refractivity contribution in [2.24, 2.45) is 10.9 Å². The van der Waals surface area contributed by atoms with Gasteiger partial charge in [0.2, 0.25) is 0 Å². The molecule has 0 atom stereocenters. The molecule has 0 bridgehead atoms. The minimum atomic E-state index is -0.384. The first-order valence-corrected chi connectivity index (χ1v) is 6.53. The molecule has 0 aliphatic carbocycles. The van der Waals surface area contributed by atoms with Gasteiger partial charge in [0, 0.05) is 12.1 Å². The molecule has 112 valence electrons. The first kappa shape index (κ1) is 16.4. The van der Waals surface area contributed by atoms with E-state index in [1.54, 1.807) is 6.07 Å². The van der Waals surface area contributed by atoms with Crippen LogP contribution in [0.15, 0.2) is 23.4 Å². The molecule has 20 heavy (non-hydrogen) atoms. The van der Waals surface area contributed by atoms with E-state index in [1.807, 2.05) is 21.1 Å². The predicted octanol–water partition coefficient (Wildman–Crippen LogP) is 1.30. The maximum atomic E-state index is 13.5. The zero-order valence-corrected chi connectivity index (χ0v) is 12.3. The molecule has 1 aromatic carbocycles. The highest BCUT2D eigenvalue weighted by molar-refractivity contribution is 5.97. The van der Waals surface area contributed by atoms with E-state index in [0.717, 1.165) is 25.1 Å². The maximum Gasteiger partial charge on any atom is 0.170 e. The minimum Gasteiger partial charge on any atom is -0.409 e. The van der Waals surface area contributed by atoms with Gasteiger partial charge in [-0.05, 0) is 64.4 Å². The van der Waals surface area contributed by atoms with Crippen molar-refractivity contribution < 1.29 is 9.60 Å². The molecule has 0 amide bonds. The third-order valence-electron chi connectivity index (χ3n) is 2.96. The summed E-state index contributed by atoms with van der Waals surface area (Å²) >= 11 is 0. The molecule has 0 saturated heterocycles. The lowest BCUT2D eigenvalue weighted by Gasteiger charge is -2.18. The van der Waals surface area contributed by atoms with Crippen LogP contribution in [0.25, 0.3) is 0 Å². The molecule has 1 rings (SSSR count). The Labute approximate surface area is 119 Å². The van der Waals surface area contributed by atoms with Crippen LogP contribution in [0.1, 0.15) is 17.5 Å². The zero-order chi connectivity index (χ0) is 15.1. The summed E-state index contributed by atoms with van der Waals surface area (Å²) in [5.74, 6) is -0.466. The molecule has 0 fully saturated rings. The van der Waals surface area contributed by atoms with Crippen molar-refractivity contribution in [2.45, 2.75) is 13.0 Å². The van der Waals surface area contributed by atoms with Gasteiger partial charge in [0.25, 0.3) is 0 Å². The molecule has 0 heterocycles. The van der Waals surface area contributed by atoms with Crippen molar-refractivity contribution in [2.75, 3.05) is 34.2 Å². The summed E-state index contributed by atoms with van der Waals surface area (Å²) in [5.41, 5.74) is 6.69. The summed E-state index contributed by atoms with van der Waals surface area (Å²) in [7, 11) is 6.06. The van der Waals surface area contributed by atoms with Gasteiger partial charge in [-0.1, -0.05) is 5.16 Å². The third kappa shape index (κ3) is 5.54. The molecule has 0 aliphatic heterocycles. The average Bonchev–Trinajstić information content (AvgIpc) is 2.36. The molecule has 1 aromatic rings. The second-order valence-electron chi connectivity index (χ2n) is 5.23. The van der Waals surface area contributed by atoms with Gasteiger partial charge < -0.3 is 20.7 Å². The molecule has 0 aliphatic rings. The van der Waals surface area contributed by atoms with E-state index in [0.29, 0.717) is 12.1 Å². The van der Waals surface area contributed by atoms with Crippen LogP contribution in [-0.2, 0) is 6.54 Å². The van der Waals surface area contributed by atoms with E-state index in [9.17, 15) is 4.39 Å². The van der Waals surface area contributed by atoms with Crippen LogP contribution < -0.4 is 5.73 Å². The number of oxime groups is 1. The molecule has 3 N–H and O–H groups in total. The molecule has 6 heteroatoms. The normalized spacial score (nSPS) is 12.4. The first-order chi connectivity index (χ1) is 9.42. The van der Waals surface area contributed by atoms with Gasteiger partial charge in [-0.15, -0.1) is 0 Å². The quantitative estimate of drug-likeness (QED) is 0.342. The number of halogens is 1. The fourth-order valence-corrected chi connectivity index (χ4v) is 1.99. The van der Waals surface area contributed by atoms with Gasteiger partial charge in [0.15, 0.2) is 5.84 Å². The standard InChI is InChI=1S/C14H23FN4O/c1-18(2)5-4-6-19(3)10-11-7-12(14(16)17-20)9-13(15)8-11/h7-9,20H,4-6,10H2,1-3H3,(H2,16,17). The minimum absolute atomic E-state index is 0.0824. The summed E-state index contributed by atoms with van der Waals surface area (Å²) < 4.78 is 13.5. The largest absolute Gasteiger partial charge is 0.409 e. The monoisotopic (exact) mass is 282 g/mol. The van der Waals surface area contributed by atoms with Crippen molar-refractivity contribution in [3.8, 4) is 0 Å². The van der Waals surface area contributed by atoms with Gasteiger partial charge in [0.05, 0.1) is 0 Å². The lowest BCUT2D eigenvalue weighted by Crippen LogP contribution is -2.23. The molecule has 0 radical (unpaired) electrons. The molecular weight excluding hydrogens is 259 g/mol. The summed E-state index contributed by atoms with van der Waals surface area (Å²) in [6, 6.07) is 4.46. The molecule has 5 nitrogen and oxygen atoms in total. The van der Waals surface area contributed by atoms with Crippen molar-refractivity contribution in [3.63, 3.8) is 0 Å². The third-order valence-corrected chi connectivity index (χ3v) is 2.96. The fraction of sp³-hybridized carbons (Fsp3) is 0.500. The maximum absolute atomic E-state index is 13.5. The Kier molecular flexibility index (Phi) is 6.41. The summed E-state index contributed by atoms with van der Waals surface area (Å²) in [4.78, 5) is 4.25. The van der Waals surface area contributed by atoms with E-state index in [2.05, 4.69) is 15.0 Å². The number of hydrogen-bond donors (Lipinski definition) is 2. The first-order valence-electron chi connectivity index (χ1n) is 6.53. The Hall–Kier alpha value is -1.66. The van der Waals surface area contributed by atoms with Crippen LogP contribution in [0.2, 0.25) is 0 Å².